The molecule has 0 aromatic carbocycles. The lowest BCUT2D eigenvalue weighted by atomic mass is 9.92. The van der Waals surface area contributed by atoms with Gasteiger partial charge in [-0.05, 0) is 32.4 Å². The van der Waals surface area contributed by atoms with Gasteiger partial charge in [0.1, 0.15) is 5.60 Å². The molecule has 2 aromatic rings. The maximum Gasteiger partial charge on any atom is 0.410 e. The Hall–Kier alpha value is -2.64. The number of amides is 1. The highest BCUT2D eigenvalue weighted by atomic mass is 16.6. The molecular weight excluding hydrogens is 300 g/mol. The fraction of sp³-hybridized carbons (Fsp3) is 0.467. The summed E-state index contributed by atoms with van der Waals surface area (Å²) in [6.45, 7) is 6.54. The number of rotatable bonds is 2. The molecule has 23 heavy (non-hydrogen) atoms. The Morgan fingerprint density at radius 2 is 2.09 bits per heavy atom. The monoisotopic (exact) mass is 318 g/mol. The summed E-state index contributed by atoms with van der Waals surface area (Å²) in [6.07, 6.45) is 1.35. The number of aromatic nitrogens is 3. The van der Waals surface area contributed by atoms with E-state index < -0.39 is 11.6 Å². The molecule has 2 N–H and O–H groups in total. The third-order valence-corrected chi connectivity index (χ3v) is 3.64. The zero-order chi connectivity index (χ0) is 16.8. The Morgan fingerprint density at radius 1 is 1.39 bits per heavy atom. The third kappa shape index (κ3) is 2.96. The van der Waals surface area contributed by atoms with Crippen LogP contribution in [0.2, 0.25) is 0 Å². The predicted molar refractivity (Wildman–Crippen MR) is 81.4 cm³/mol. The lowest BCUT2D eigenvalue weighted by Crippen LogP contribution is -2.50. The van der Waals surface area contributed by atoms with E-state index in [9.17, 15) is 9.59 Å². The fourth-order valence-electron chi connectivity index (χ4n) is 2.47. The molecule has 0 bridgehead atoms. The van der Waals surface area contributed by atoms with E-state index in [1.54, 1.807) is 17.2 Å². The van der Waals surface area contributed by atoms with Gasteiger partial charge in [-0.15, -0.1) is 0 Å². The number of aromatic amines is 1. The second-order valence-corrected chi connectivity index (χ2v) is 6.62. The smallest absolute Gasteiger partial charge is 0.410 e. The molecule has 1 fully saturated rings. The van der Waals surface area contributed by atoms with Crippen LogP contribution in [-0.2, 0) is 4.74 Å². The van der Waals surface area contributed by atoms with Crippen molar-refractivity contribution in [3.8, 4) is 0 Å². The number of ether oxygens (including phenoxy) is 1. The van der Waals surface area contributed by atoms with E-state index in [-0.39, 0.29) is 17.7 Å². The minimum atomic E-state index is -1.10. The predicted octanol–water partition coefficient (Wildman–Crippen LogP) is 1.99. The number of aromatic carboxylic acids is 1. The highest BCUT2D eigenvalue weighted by Crippen LogP contribution is 2.30. The minimum Gasteiger partial charge on any atom is -0.476 e. The number of pyridine rings is 1. The molecule has 0 radical (unpaired) electrons. The standard InChI is InChI=1S/C15H18N4O4/c1-15(2,3)23-14(22)19-6-9(7-19)8-4-10-11(13(20)21)17-18-12(10)16-5-8/h4-5,9H,6-7H2,1-3H3,(H,20,21)(H,16,17,18). The molecule has 8 nitrogen and oxygen atoms in total. The second-order valence-electron chi connectivity index (χ2n) is 6.62. The maximum atomic E-state index is 11.9. The summed E-state index contributed by atoms with van der Waals surface area (Å²) in [5.41, 5.74) is 0.767. The van der Waals surface area contributed by atoms with Crippen molar-refractivity contribution in [2.75, 3.05) is 13.1 Å². The van der Waals surface area contributed by atoms with Crippen molar-refractivity contribution < 1.29 is 19.4 Å². The zero-order valence-electron chi connectivity index (χ0n) is 13.2. The Labute approximate surface area is 132 Å². The first kappa shape index (κ1) is 15.3. The van der Waals surface area contributed by atoms with E-state index in [0.29, 0.717) is 24.1 Å². The zero-order valence-corrected chi connectivity index (χ0v) is 13.2. The number of carboxylic acids is 1. The molecule has 122 valence electrons. The first-order valence-corrected chi connectivity index (χ1v) is 7.30. The van der Waals surface area contributed by atoms with Crippen molar-refractivity contribution in [3.05, 3.63) is 23.5 Å². The number of fused-ring (bicyclic) bond motifs is 1. The van der Waals surface area contributed by atoms with Crippen molar-refractivity contribution in [1.29, 1.82) is 0 Å². The second kappa shape index (κ2) is 5.22. The number of carboxylic acid groups (broad SMARTS) is 1. The number of H-pyrrole nitrogens is 1. The van der Waals surface area contributed by atoms with Gasteiger partial charge in [0.15, 0.2) is 11.3 Å². The molecule has 0 saturated carbocycles. The summed E-state index contributed by atoms with van der Waals surface area (Å²) in [4.78, 5) is 28.9. The Morgan fingerprint density at radius 3 is 2.70 bits per heavy atom. The van der Waals surface area contributed by atoms with Gasteiger partial charge in [0.05, 0.1) is 5.39 Å². The van der Waals surface area contributed by atoms with Crippen molar-refractivity contribution in [2.24, 2.45) is 0 Å². The Kier molecular flexibility index (Phi) is 3.46. The van der Waals surface area contributed by atoms with Crippen LogP contribution in [-0.4, -0.2) is 55.9 Å². The van der Waals surface area contributed by atoms with Crippen molar-refractivity contribution in [2.45, 2.75) is 32.3 Å². The van der Waals surface area contributed by atoms with E-state index in [4.69, 9.17) is 9.84 Å². The lowest BCUT2D eigenvalue weighted by molar-refractivity contribution is 0.00817. The van der Waals surface area contributed by atoms with E-state index in [1.165, 1.54) is 0 Å². The summed E-state index contributed by atoms with van der Waals surface area (Å²) in [5.74, 6) is -0.977. The fourth-order valence-corrected chi connectivity index (χ4v) is 2.47. The first-order valence-electron chi connectivity index (χ1n) is 7.30. The lowest BCUT2D eigenvalue weighted by Gasteiger charge is -2.39. The van der Waals surface area contributed by atoms with Gasteiger partial charge in [-0.1, -0.05) is 0 Å². The number of carbonyl (C=O) groups is 2. The molecule has 1 saturated heterocycles. The van der Waals surface area contributed by atoms with Crippen LogP contribution in [0.5, 0.6) is 0 Å². The number of likely N-dealkylation sites (tertiary alicyclic amines) is 1. The average molecular weight is 318 g/mol. The third-order valence-electron chi connectivity index (χ3n) is 3.64. The number of nitrogens with one attached hydrogen (secondary N) is 1. The van der Waals surface area contributed by atoms with Crippen LogP contribution < -0.4 is 0 Å². The Balaban J connectivity index is 1.72. The highest BCUT2D eigenvalue weighted by Gasteiger charge is 2.35. The number of carbonyl (C=O) groups excluding carboxylic acids is 1. The highest BCUT2D eigenvalue weighted by molar-refractivity contribution is 5.99. The average Bonchev–Trinajstić information content (AvgIpc) is 2.77. The normalized spacial score (nSPS) is 15.5. The van der Waals surface area contributed by atoms with E-state index in [1.807, 2.05) is 20.8 Å². The summed E-state index contributed by atoms with van der Waals surface area (Å²) < 4.78 is 5.31. The molecule has 0 unspecified atom stereocenters. The summed E-state index contributed by atoms with van der Waals surface area (Å²) in [5, 5.41) is 15.9. The number of hydrogen-bond donors (Lipinski definition) is 2. The van der Waals surface area contributed by atoms with E-state index >= 15 is 0 Å². The van der Waals surface area contributed by atoms with Crippen LogP contribution in [0.4, 0.5) is 4.79 Å². The molecule has 0 aliphatic carbocycles. The molecule has 1 amide bonds. The largest absolute Gasteiger partial charge is 0.476 e. The summed E-state index contributed by atoms with van der Waals surface area (Å²) in [7, 11) is 0. The molecule has 0 atom stereocenters. The minimum absolute atomic E-state index is 0.0438. The van der Waals surface area contributed by atoms with Crippen molar-refractivity contribution in [3.63, 3.8) is 0 Å². The van der Waals surface area contributed by atoms with Gasteiger partial charge in [-0.2, -0.15) is 5.10 Å². The molecule has 1 aliphatic heterocycles. The van der Waals surface area contributed by atoms with E-state index in [0.717, 1.165) is 5.56 Å². The Bertz CT molecular complexity index is 771. The van der Waals surface area contributed by atoms with Crippen LogP contribution in [0.25, 0.3) is 11.0 Å². The number of hydrogen-bond acceptors (Lipinski definition) is 5. The molecule has 8 heteroatoms. The van der Waals surface area contributed by atoms with Crippen LogP contribution in [0, 0.1) is 0 Å². The molecule has 2 aromatic heterocycles. The van der Waals surface area contributed by atoms with E-state index in [2.05, 4.69) is 15.2 Å². The SMILES string of the molecule is CC(C)(C)OC(=O)N1CC(c2cnc3[nH]nc(C(=O)O)c3c2)C1. The van der Waals surface area contributed by atoms with Gasteiger partial charge in [-0.3, -0.25) is 5.10 Å². The van der Waals surface area contributed by atoms with Crippen molar-refractivity contribution in [1.82, 2.24) is 20.1 Å². The first-order chi connectivity index (χ1) is 10.7. The summed E-state index contributed by atoms with van der Waals surface area (Å²) >= 11 is 0. The van der Waals surface area contributed by atoms with Crippen LogP contribution in [0.3, 0.4) is 0 Å². The van der Waals surface area contributed by atoms with Gasteiger partial charge in [0, 0.05) is 25.2 Å². The van der Waals surface area contributed by atoms with Crippen molar-refractivity contribution >= 4 is 23.1 Å². The van der Waals surface area contributed by atoms with Gasteiger partial charge in [0.2, 0.25) is 0 Å². The molecule has 1 aliphatic rings. The topological polar surface area (TPSA) is 108 Å². The van der Waals surface area contributed by atoms with Crippen LogP contribution in [0.15, 0.2) is 12.3 Å². The summed E-state index contributed by atoms with van der Waals surface area (Å²) in [6, 6.07) is 1.77. The molecular formula is C15H18N4O4. The van der Waals surface area contributed by atoms with Crippen LogP contribution in [0.1, 0.15) is 42.7 Å². The maximum absolute atomic E-state index is 11.9. The van der Waals surface area contributed by atoms with Gasteiger partial charge in [0.25, 0.3) is 0 Å². The molecule has 3 heterocycles. The van der Waals surface area contributed by atoms with Crippen LogP contribution >= 0.6 is 0 Å². The van der Waals surface area contributed by atoms with Gasteiger partial charge >= 0.3 is 12.1 Å². The van der Waals surface area contributed by atoms with Gasteiger partial charge < -0.3 is 14.7 Å². The molecule has 0 spiro atoms. The molecule has 3 rings (SSSR count). The quantitative estimate of drug-likeness (QED) is 0.876. The van der Waals surface area contributed by atoms with Gasteiger partial charge in [-0.25, -0.2) is 14.6 Å². The number of nitrogens with zero attached hydrogens (tertiary/aromatic N) is 3.